The van der Waals surface area contributed by atoms with Crippen LogP contribution in [0.5, 0.6) is 0 Å². The van der Waals surface area contributed by atoms with Gasteiger partial charge >= 0.3 is 0 Å². The van der Waals surface area contributed by atoms with E-state index in [0.717, 1.165) is 5.92 Å². The van der Waals surface area contributed by atoms with Crippen LogP contribution in [0, 0.1) is 11.3 Å². The number of amides is 1. The fourth-order valence-corrected chi connectivity index (χ4v) is 3.10. The number of hydrogen-bond donors (Lipinski definition) is 2. The normalized spacial score (nSPS) is 27.6. The SMILES string of the molecule is CC(CC(N)=O)NC1CCCC(C(C)(C)C)CC1. The first-order chi connectivity index (χ1) is 8.29. The Morgan fingerprint density at radius 1 is 1.28 bits per heavy atom. The fraction of sp³-hybridized carbons (Fsp3) is 0.933. The van der Waals surface area contributed by atoms with Crippen LogP contribution in [0.15, 0.2) is 0 Å². The molecule has 0 aromatic carbocycles. The third-order valence-corrected chi connectivity index (χ3v) is 4.22. The van der Waals surface area contributed by atoms with Crippen molar-refractivity contribution in [2.24, 2.45) is 17.1 Å². The molecule has 1 aliphatic rings. The largest absolute Gasteiger partial charge is 0.370 e. The van der Waals surface area contributed by atoms with E-state index in [-0.39, 0.29) is 11.9 Å². The summed E-state index contributed by atoms with van der Waals surface area (Å²) in [6.45, 7) is 9.10. The predicted molar refractivity (Wildman–Crippen MR) is 76.2 cm³/mol. The van der Waals surface area contributed by atoms with Crippen LogP contribution in [0.25, 0.3) is 0 Å². The highest BCUT2D eigenvalue weighted by atomic mass is 16.1. The second-order valence-electron chi connectivity index (χ2n) is 7.01. The summed E-state index contributed by atoms with van der Waals surface area (Å²) in [5.41, 5.74) is 5.65. The van der Waals surface area contributed by atoms with E-state index in [4.69, 9.17) is 5.73 Å². The molecule has 106 valence electrons. The molecule has 18 heavy (non-hydrogen) atoms. The Labute approximate surface area is 112 Å². The van der Waals surface area contributed by atoms with Gasteiger partial charge in [-0.1, -0.05) is 27.2 Å². The molecule has 3 nitrogen and oxygen atoms in total. The number of primary amides is 1. The first-order valence-corrected chi connectivity index (χ1v) is 7.33. The molecule has 1 aliphatic carbocycles. The first-order valence-electron chi connectivity index (χ1n) is 7.33. The highest BCUT2D eigenvalue weighted by Crippen LogP contribution is 2.36. The Kier molecular flexibility index (Phi) is 5.64. The zero-order chi connectivity index (χ0) is 13.8. The zero-order valence-electron chi connectivity index (χ0n) is 12.5. The van der Waals surface area contributed by atoms with Crippen LogP contribution in [0.2, 0.25) is 0 Å². The molecule has 3 N–H and O–H groups in total. The lowest BCUT2D eigenvalue weighted by atomic mass is 9.76. The number of hydrogen-bond acceptors (Lipinski definition) is 2. The summed E-state index contributed by atoms with van der Waals surface area (Å²) in [5, 5.41) is 3.56. The van der Waals surface area contributed by atoms with Gasteiger partial charge in [-0.15, -0.1) is 0 Å². The minimum atomic E-state index is -0.212. The molecule has 0 spiro atoms. The summed E-state index contributed by atoms with van der Waals surface area (Å²) in [6, 6.07) is 0.769. The van der Waals surface area contributed by atoms with Gasteiger partial charge in [-0.25, -0.2) is 0 Å². The standard InChI is InChI=1S/C15H30N2O/c1-11(10-14(16)18)17-13-7-5-6-12(8-9-13)15(2,3)4/h11-13,17H,5-10H2,1-4H3,(H2,16,18). The van der Waals surface area contributed by atoms with Crippen LogP contribution in [0.3, 0.4) is 0 Å². The smallest absolute Gasteiger partial charge is 0.218 e. The van der Waals surface area contributed by atoms with Crippen LogP contribution in [-0.4, -0.2) is 18.0 Å². The molecule has 3 heteroatoms. The van der Waals surface area contributed by atoms with Gasteiger partial charge in [-0.05, 0) is 43.9 Å². The van der Waals surface area contributed by atoms with Crippen molar-refractivity contribution < 1.29 is 4.79 Å². The molecular formula is C15H30N2O. The van der Waals surface area contributed by atoms with Gasteiger partial charge in [-0.3, -0.25) is 4.79 Å². The van der Waals surface area contributed by atoms with Crippen LogP contribution in [-0.2, 0) is 4.79 Å². The van der Waals surface area contributed by atoms with Crippen molar-refractivity contribution >= 4 is 5.91 Å². The highest BCUT2D eigenvalue weighted by molar-refractivity contribution is 5.74. The summed E-state index contributed by atoms with van der Waals surface area (Å²) >= 11 is 0. The lowest BCUT2D eigenvalue weighted by Crippen LogP contribution is -2.38. The second kappa shape index (κ2) is 6.55. The Bertz CT molecular complexity index is 270. The van der Waals surface area contributed by atoms with Crippen molar-refractivity contribution in [2.75, 3.05) is 0 Å². The van der Waals surface area contributed by atoms with Crippen LogP contribution in [0.1, 0.15) is 66.2 Å². The molecule has 3 unspecified atom stereocenters. The van der Waals surface area contributed by atoms with E-state index in [2.05, 4.69) is 33.0 Å². The molecule has 0 aromatic rings. The van der Waals surface area contributed by atoms with E-state index in [1.165, 1.54) is 32.1 Å². The fourth-order valence-electron chi connectivity index (χ4n) is 3.10. The molecule has 0 saturated heterocycles. The Morgan fingerprint density at radius 3 is 2.50 bits per heavy atom. The summed E-state index contributed by atoms with van der Waals surface area (Å²) in [5.74, 6) is 0.618. The van der Waals surface area contributed by atoms with E-state index in [1.54, 1.807) is 0 Å². The van der Waals surface area contributed by atoms with E-state index >= 15 is 0 Å². The zero-order valence-corrected chi connectivity index (χ0v) is 12.5. The maximum atomic E-state index is 10.9. The van der Waals surface area contributed by atoms with Gasteiger partial charge in [0.2, 0.25) is 5.91 Å². The van der Waals surface area contributed by atoms with Crippen molar-refractivity contribution in [1.29, 1.82) is 0 Å². The Hall–Kier alpha value is -0.570. The highest BCUT2D eigenvalue weighted by Gasteiger charge is 2.28. The molecule has 0 heterocycles. The summed E-state index contributed by atoms with van der Waals surface area (Å²) < 4.78 is 0. The minimum Gasteiger partial charge on any atom is -0.370 e. The molecular weight excluding hydrogens is 224 g/mol. The van der Waals surface area contributed by atoms with Crippen molar-refractivity contribution in [3.8, 4) is 0 Å². The molecule has 1 rings (SSSR count). The maximum Gasteiger partial charge on any atom is 0.218 e. The number of nitrogens with one attached hydrogen (secondary N) is 1. The molecule has 0 aliphatic heterocycles. The van der Waals surface area contributed by atoms with Gasteiger partial charge in [0.05, 0.1) is 0 Å². The Balaban J connectivity index is 2.40. The van der Waals surface area contributed by atoms with Gasteiger partial charge in [0.15, 0.2) is 0 Å². The van der Waals surface area contributed by atoms with Crippen LogP contribution >= 0.6 is 0 Å². The van der Waals surface area contributed by atoms with Crippen molar-refractivity contribution in [1.82, 2.24) is 5.32 Å². The summed E-state index contributed by atoms with van der Waals surface area (Å²) in [4.78, 5) is 10.9. The molecule has 0 bridgehead atoms. The van der Waals surface area contributed by atoms with Crippen molar-refractivity contribution in [3.63, 3.8) is 0 Å². The summed E-state index contributed by atoms with van der Waals surface area (Å²) in [6.07, 6.45) is 6.83. The predicted octanol–water partition coefficient (Wildman–Crippen LogP) is 2.83. The van der Waals surface area contributed by atoms with Crippen molar-refractivity contribution in [3.05, 3.63) is 0 Å². The number of carbonyl (C=O) groups excluding carboxylic acids is 1. The molecule has 1 amide bonds. The lowest BCUT2D eigenvalue weighted by molar-refractivity contribution is -0.118. The molecule has 3 atom stereocenters. The topological polar surface area (TPSA) is 55.1 Å². The van der Waals surface area contributed by atoms with Crippen LogP contribution in [0.4, 0.5) is 0 Å². The molecule has 1 fully saturated rings. The van der Waals surface area contributed by atoms with Gasteiger partial charge in [-0.2, -0.15) is 0 Å². The molecule has 0 aromatic heterocycles. The summed E-state index contributed by atoms with van der Waals surface area (Å²) in [7, 11) is 0. The number of nitrogens with two attached hydrogens (primary N) is 1. The van der Waals surface area contributed by atoms with E-state index in [1.807, 2.05) is 0 Å². The van der Waals surface area contributed by atoms with Crippen molar-refractivity contribution in [2.45, 2.75) is 78.3 Å². The average Bonchev–Trinajstić information content (AvgIpc) is 2.40. The Morgan fingerprint density at radius 2 is 1.94 bits per heavy atom. The molecule has 0 radical (unpaired) electrons. The van der Waals surface area contributed by atoms with E-state index < -0.39 is 0 Å². The second-order valence-corrected chi connectivity index (χ2v) is 7.01. The lowest BCUT2D eigenvalue weighted by Gasteiger charge is -2.30. The first kappa shape index (κ1) is 15.5. The average molecular weight is 254 g/mol. The minimum absolute atomic E-state index is 0.207. The number of rotatable bonds is 4. The van der Waals surface area contributed by atoms with Crippen LogP contribution < -0.4 is 11.1 Å². The van der Waals surface area contributed by atoms with Gasteiger partial charge < -0.3 is 11.1 Å². The van der Waals surface area contributed by atoms with Gasteiger partial charge in [0, 0.05) is 18.5 Å². The monoisotopic (exact) mass is 254 g/mol. The molecule has 1 saturated carbocycles. The third-order valence-electron chi connectivity index (χ3n) is 4.22. The quantitative estimate of drug-likeness (QED) is 0.758. The van der Waals surface area contributed by atoms with Gasteiger partial charge in [0.25, 0.3) is 0 Å². The number of carbonyl (C=O) groups is 1. The van der Waals surface area contributed by atoms with E-state index in [9.17, 15) is 4.79 Å². The van der Waals surface area contributed by atoms with Gasteiger partial charge in [0.1, 0.15) is 0 Å². The van der Waals surface area contributed by atoms with E-state index in [0.29, 0.717) is 17.9 Å². The maximum absolute atomic E-state index is 10.9. The third kappa shape index (κ3) is 5.38.